The van der Waals surface area contributed by atoms with Gasteiger partial charge in [-0.2, -0.15) is 0 Å². The first-order chi connectivity index (χ1) is 36.0. The molecule has 0 radical (unpaired) electrons. The van der Waals surface area contributed by atoms with Crippen LogP contribution in [0.15, 0.2) is 24.3 Å². The molecule has 8 nitrogen and oxygen atoms in total. The van der Waals surface area contributed by atoms with Crippen LogP contribution in [0, 0.1) is 0 Å². The Morgan fingerprint density at radius 2 is 0.770 bits per heavy atom. The van der Waals surface area contributed by atoms with Crippen LogP contribution >= 0.6 is 7.82 Å². The number of phosphoric acid groups is 1. The van der Waals surface area contributed by atoms with Gasteiger partial charge >= 0.3 is 7.82 Å². The van der Waals surface area contributed by atoms with Gasteiger partial charge in [0.05, 0.1) is 39.9 Å². The smallest absolute Gasteiger partial charge is 0.391 e. The third kappa shape index (κ3) is 58.7. The van der Waals surface area contributed by atoms with Gasteiger partial charge in [0.25, 0.3) is 0 Å². The fourth-order valence-electron chi connectivity index (χ4n) is 10.1. The number of aliphatic hydroxyl groups excluding tert-OH is 1. The van der Waals surface area contributed by atoms with E-state index in [9.17, 15) is 19.4 Å². The number of carbonyl (C=O) groups is 1. The van der Waals surface area contributed by atoms with Crippen molar-refractivity contribution >= 4 is 13.7 Å². The van der Waals surface area contributed by atoms with Gasteiger partial charge in [-0.05, 0) is 44.9 Å². The topological polar surface area (TPSA) is 105 Å². The monoisotopic (exact) mass is 1070 g/mol. The Kier molecular flexibility index (Phi) is 55.9. The zero-order valence-corrected chi connectivity index (χ0v) is 51.3. The SMILES string of the molecule is CCCCCCC/C=C\C/C=C\CCCCCCCCCCCCCCCCCCCCCCCCCCCCCCCC(=O)NC(COP(=O)(O)OCC[N+](C)(C)C)C(O)CCCCCCCCCCCCC. The van der Waals surface area contributed by atoms with Crippen LogP contribution in [0.5, 0.6) is 0 Å². The fourth-order valence-corrected chi connectivity index (χ4v) is 10.8. The number of allylic oxidation sites excluding steroid dienone is 4. The summed E-state index contributed by atoms with van der Waals surface area (Å²) < 4.78 is 23.7. The predicted molar refractivity (Wildman–Crippen MR) is 323 cm³/mol. The summed E-state index contributed by atoms with van der Waals surface area (Å²) in [5.41, 5.74) is 0. The number of hydrogen-bond acceptors (Lipinski definition) is 5. The number of nitrogens with one attached hydrogen (secondary N) is 1. The zero-order chi connectivity index (χ0) is 54.2. The second-order valence-electron chi connectivity index (χ2n) is 23.9. The minimum absolute atomic E-state index is 0.0776. The van der Waals surface area contributed by atoms with E-state index >= 15 is 0 Å². The number of quaternary nitrogens is 1. The molecule has 0 aliphatic rings. The highest BCUT2D eigenvalue weighted by atomic mass is 31.2. The number of unbranched alkanes of at least 4 members (excludes halogenated alkanes) is 44. The number of carbonyl (C=O) groups excluding carboxylic acids is 1. The van der Waals surface area contributed by atoms with Crippen LogP contribution < -0.4 is 5.32 Å². The lowest BCUT2D eigenvalue weighted by atomic mass is 10.0. The molecule has 1 amide bonds. The average Bonchev–Trinajstić information content (AvgIpc) is 3.36. The molecule has 0 bridgehead atoms. The van der Waals surface area contributed by atoms with Crippen molar-refractivity contribution in [3.05, 3.63) is 24.3 Å². The number of rotatable bonds is 61. The van der Waals surface area contributed by atoms with Crippen LogP contribution in [-0.4, -0.2) is 73.4 Å². The zero-order valence-electron chi connectivity index (χ0n) is 50.4. The molecule has 0 aromatic heterocycles. The number of likely N-dealkylation sites (N-methyl/N-ethyl adjacent to an activating group) is 1. The molecule has 0 spiro atoms. The van der Waals surface area contributed by atoms with Crippen LogP contribution in [0.4, 0.5) is 0 Å². The largest absolute Gasteiger partial charge is 0.472 e. The summed E-state index contributed by atoms with van der Waals surface area (Å²) in [6.45, 7) is 4.90. The molecule has 3 unspecified atom stereocenters. The second-order valence-corrected chi connectivity index (χ2v) is 25.3. The third-order valence-corrected chi connectivity index (χ3v) is 16.2. The molecule has 9 heteroatoms. The van der Waals surface area contributed by atoms with Gasteiger partial charge in [0, 0.05) is 6.42 Å². The van der Waals surface area contributed by atoms with Gasteiger partial charge in [0.1, 0.15) is 13.2 Å². The number of amides is 1. The summed E-state index contributed by atoms with van der Waals surface area (Å²) in [4.78, 5) is 23.3. The van der Waals surface area contributed by atoms with Crippen LogP contribution in [0.3, 0.4) is 0 Å². The Morgan fingerprint density at radius 3 is 1.11 bits per heavy atom. The molecule has 0 aliphatic carbocycles. The van der Waals surface area contributed by atoms with Crippen molar-refractivity contribution < 1.29 is 32.9 Å². The molecule has 0 saturated carbocycles. The molecule has 0 aliphatic heterocycles. The van der Waals surface area contributed by atoms with Crippen molar-refractivity contribution in [2.45, 2.75) is 347 Å². The van der Waals surface area contributed by atoms with Crippen molar-refractivity contribution in [3.8, 4) is 0 Å². The van der Waals surface area contributed by atoms with Crippen molar-refractivity contribution in [2.24, 2.45) is 0 Å². The lowest BCUT2D eigenvalue weighted by Gasteiger charge is -2.26. The standard InChI is InChI=1S/C65H129N2O6P/c1-6-8-10-12-14-16-18-19-20-21-22-23-24-25-26-27-28-29-30-31-32-33-34-35-36-37-38-39-40-41-42-43-44-45-46-47-49-51-53-55-57-59-65(69)66-63(62-73-74(70,71)72-61-60-67(3,4)5)64(68)58-56-54-52-50-48-17-15-13-11-9-7-2/h18-19,21-22,63-64,68H,6-17,20,23-62H2,1-5H3,(H-,66,69,70,71)/p+1/b19-18-,22-21-. The van der Waals surface area contributed by atoms with E-state index in [2.05, 4.69) is 43.5 Å². The maximum absolute atomic E-state index is 13.0. The number of aliphatic hydroxyl groups is 1. The highest BCUT2D eigenvalue weighted by molar-refractivity contribution is 7.47. The van der Waals surface area contributed by atoms with Gasteiger partial charge in [-0.3, -0.25) is 13.8 Å². The normalized spacial score (nSPS) is 13.9. The van der Waals surface area contributed by atoms with Crippen LogP contribution in [-0.2, 0) is 18.4 Å². The van der Waals surface area contributed by atoms with Crippen molar-refractivity contribution in [1.29, 1.82) is 0 Å². The van der Waals surface area contributed by atoms with E-state index in [0.717, 1.165) is 44.9 Å². The molecule has 0 rings (SSSR count). The van der Waals surface area contributed by atoms with Gasteiger partial charge in [0.2, 0.25) is 5.91 Å². The Morgan fingerprint density at radius 1 is 0.459 bits per heavy atom. The van der Waals surface area contributed by atoms with E-state index in [1.165, 1.54) is 263 Å². The summed E-state index contributed by atoms with van der Waals surface area (Å²) in [7, 11) is 1.63. The molecule has 74 heavy (non-hydrogen) atoms. The lowest BCUT2D eigenvalue weighted by Crippen LogP contribution is -2.46. The van der Waals surface area contributed by atoms with Gasteiger partial charge in [-0.25, -0.2) is 4.57 Å². The van der Waals surface area contributed by atoms with Crippen molar-refractivity contribution in [3.63, 3.8) is 0 Å². The number of nitrogens with zero attached hydrogens (tertiary/aromatic N) is 1. The summed E-state index contributed by atoms with van der Waals surface area (Å²) in [6, 6.07) is -0.756. The number of hydrogen-bond donors (Lipinski definition) is 3. The third-order valence-electron chi connectivity index (χ3n) is 15.2. The predicted octanol–water partition coefficient (Wildman–Crippen LogP) is 20.3. The highest BCUT2D eigenvalue weighted by Crippen LogP contribution is 2.43. The molecule has 3 atom stereocenters. The van der Waals surface area contributed by atoms with E-state index < -0.39 is 20.0 Å². The van der Waals surface area contributed by atoms with Gasteiger partial charge in [0.15, 0.2) is 0 Å². The molecule has 3 N–H and O–H groups in total. The molecule has 440 valence electrons. The first-order valence-electron chi connectivity index (χ1n) is 32.7. The van der Waals surface area contributed by atoms with E-state index in [1.807, 2.05) is 21.1 Å². The van der Waals surface area contributed by atoms with Gasteiger partial charge < -0.3 is 19.8 Å². The Balaban J connectivity index is 3.76. The summed E-state index contributed by atoms with van der Waals surface area (Å²) >= 11 is 0. The van der Waals surface area contributed by atoms with Crippen LogP contribution in [0.2, 0.25) is 0 Å². The van der Waals surface area contributed by atoms with Crippen molar-refractivity contribution in [1.82, 2.24) is 5.32 Å². The van der Waals surface area contributed by atoms with Crippen LogP contribution in [0.1, 0.15) is 335 Å². The maximum atomic E-state index is 13.0. The summed E-state index contributed by atoms with van der Waals surface area (Å²) in [5, 5.41) is 14.0. The van der Waals surface area contributed by atoms with E-state index in [1.54, 1.807) is 0 Å². The average molecular weight is 1070 g/mol. The molecule has 0 saturated heterocycles. The Hall–Kier alpha value is -1.02. The van der Waals surface area contributed by atoms with E-state index in [-0.39, 0.29) is 19.1 Å². The van der Waals surface area contributed by atoms with E-state index in [0.29, 0.717) is 23.9 Å². The first-order valence-corrected chi connectivity index (χ1v) is 34.2. The minimum Gasteiger partial charge on any atom is -0.391 e. The van der Waals surface area contributed by atoms with Crippen molar-refractivity contribution in [2.75, 3.05) is 40.9 Å². The highest BCUT2D eigenvalue weighted by Gasteiger charge is 2.28. The van der Waals surface area contributed by atoms with Gasteiger partial charge in [-0.15, -0.1) is 0 Å². The molecule has 0 fully saturated rings. The number of phosphoric ester groups is 1. The van der Waals surface area contributed by atoms with E-state index in [4.69, 9.17) is 9.05 Å². The minimum atomic E-state index is -4.31. The molecular weight excluding hydrogens is 936 g/mol. The molecule has 0 heterocycles. The molecule has 0 aromatic carbocycles. The fraction of sp³-hybridized carbons (Fsp3) is 0.923. The summed E-state index contributed by atoms with van der Waals surface area (Å²) in [6.07, 6.45) is 73.0. The molecule has 0 aromatic rings. The van der Waals surface area contributed by atoms with Gasteiger partial charge in [-0.1, -0.05) is 308 Å². The second kappa shape index (κ2) is 56.7. The first kappa shape index (κ1) is 73.0. The quantitative estimate of drug-likeness (QED) is 0.0243. The Bertz CT molecular complexity index is 1260. The molecular formula is C65H130N2O6P+. The Labute approximate surface area is 462 Å². The maximum Gasteiger partial charge on any atom is 0.472 e. The summed E-state index contributed by atoms with van der Waals surface area (Å²) in [5.74, 6) is -0.139. The van der Waals surface area contributed by atoms with Crippen LogP contribution in [0.25, 0.3) is 0 Å². The lowest BCUT2D eigenvalue weighted by molar-refractivity contribution is -0.870.